The zero-order valence-corrected chi connectivity index (χ0v) is 25.2. The van der Waals surface area contributed by atoms with Gasteiger partial charge in [-0.15, -0.1) is 0 Å². The predicted molar refractivity (Wildman–Crippen MR) is 175 cm³/mol. The Labute approximate surface area is 264 Å². The van der Waals surface area contributed by atoms with Crippen molar-refractivity contribution in [3.05, 3.63) is 119 Å². The van der Waals surface area contributed by atoms with E-state index in [1.54, 1.807) is 92.0 Å². The number of benzene rings is 4. The highest BCUT2D eigenvalue weighted by atomic mass is 16.5. The van der Waals surface area contributed by atoms with Crippen LogP contribution in [0.4, 0.5) is 5.69 Å². The molecule has 1 unspecified atom stereocenters. The van der Waals surface area contributed by atoms with Crippen molar-refractivity contribution in [3.8, 4) is 0 Å². The van der Waals surface area contributed by atoms with Crippen LogP contribution in [0.3, 0.4) is 0 Å². The van der Waals surface area contributed by atoms with E-state index in [-0.39, 0.29) is 30.5 Å². The molecule has 1 aromatic heterocycles. The zero-order chi connectivity index (χ0) is 32.8. The number of carbonyl (C=O) groups excluding carboxylic acids is 4. The summed E-state index contributed by atoms with van der Waals surface area (Å²) in [6.45, 7) is 3.17. The third-order valence-electron chi connectivity index (χ3n) is 7.29. The molecule has 11 heteroatoms. The number of amides is 3. The Kier molecular flexibility index (Phi) is 9.32. The van der Waals surface area contributed by atoms with E-state index in [9.17, 15) is 19.2 Å². The standard InChI is InChI=1S/C35H32N6O5/c1-3-46-35(45)32(40-21(2)42)41(34(44)29-11-4-7-23-9-6-18-38-30(23)29)26-16-17-27-25(19-26)8-5-10-28(27)33(43)39-20-22-12-14-24(15-13-22)31(36)37/h4-19,32H,3,20H2,1-2H3,(H3,36,37)(H,39,43)(H,40,42). The highest BCUT2D eigenvalue weighted by molar-refractivity contribution is 6.16. The number of esters is 1. The number of carbonyl (C=O) groups is 4. The molecule has 0 radical (unpaired) electrons. The number of aromatic nitrogens is 1. The number of ether oxygens (including phenoxy) is 1. The van der Waals surface area contributed by atoms with E-state index < -0.39 is 23.9 Å². The van der Waals surface area contributed by atoms with Gasteiger partial charge < -0.3 is 21.1 Å². The fourth-order valence-corrected chi connectivity index (χ4v) is 5.13. The minimum atomic E-state index is -1.48. The van der Waals surface area contributed by atoms with Crippen LogP contribution in [0.25, 0.3) is 21.7 Å². The van der Waals surface area contributed by atoms with E-state index in [1.807, 2.05) is 12.1 Å². The van der Waals surface area contributed by atoms with Crippen LogP contribution in [0.5, 0.6) is 0 Å². The Balaban J connectivity index is 1.53. The summed E-state index contributed by atoms with van der Waals surface area (Å²) in [6.07, 6.45) is 0.0892. The SMILES string of the molecule is CCOC(=O)C(NC(C)=O)N(C(=O)c1cccc2cccnc12)c1ccc2c(C(=O)NCc3ccc(C(=N)N)cc3)cccc2c1. The van der Waals surface area contributed by atoms with Gasteiger partial charge >= 0.3 is 5.97 Å². The van der Waals surface area contributed by atoms with Gasteiger partial charge in [0, 0.05) is 41.9 Å². The summed E-state index contributed by atoms with van der Waals surface area (Å²) in [5, 5.41) is 15.0. The normalized spacial score (nSPS) is 11.4. The van der Waals surface area contributed by atoms with Crippen LogP contribution in [0.1, 0.15) is 45.7 Å². The van der Waals surface area contributed by atoms with Crippen molar-refractivity contribution in [2.45, 2.75) is 26.6 Å². The average Bonchev–Trinajstić information content (AvgIpc) is 3.06. The van der Waals surface area contributed by atoms with Gasteiger partial charge in [0.15, 0.2) is 0 Å². The molecule has 0 spiro atoms. The van der Waals surface area contributed by atoms with Crippen LogP contribution in [0.2, 0.25) is 0 Å². The van der Waals surface area contributed by atoms with Gasteiger partial charge in [-0.25, -0.2) is 4.79 Å². The second-order valence-corrected chi connectivity index (χ2v) is 10.4. The number of fused-ring (bicyclic) bond motifs is 2. The van der Waals surface area contributed by atoms with Crippen LogP contribution < -0.4 is 21.3 Å². The van der Waals surface area contributed by atoms with E-state index in [1.165, 1.54) is 11.8 Å². The molecule has 5 rings (SSSR count). The first-order valence-electron chi connectivity index (χ1n) is 14.5. The van der Waals surface area contributed by atoms with E-state index in [4.69, 9.17) is 15.9 Å². The molecule has 0 fully saturated rings. The number of amidine groups is 1. The topological polar surface area (TPSA) is 168 Å². The van der Waals surface area contributed by atoms with Crippen LogP contribution in [-0.4, -0.2) is 47.3 Å². The van der Waals surface area contributed by atoms with E-state index >= 15 is 0 Å². The molecule has 46 heavy (non-hydrogen) atoms. The lowest BCUT2D eigenvalue weighted by Gasteiger charge is -2.31. The highest BCUT2D eigenvalue weighted by Gasteiger charge is 2.35. The van der Waals surface area contributed by atoms with Crippen LogP contribution in [0.15, 0.2) is 97.2 Å². The maximum Gasteiger partial charge on any atom is 0.350 e. The molecule has 0 saturated carbocycles. The summed E-state index contributed by atoms with van der Waals surface area (Å²) in [7, 11) is 0. The van der Waals surface area contributed by atoms with Crippen LogP contribution >= 0.6 is 0 Å². The summed E-state index contributed by atoms with van der Waals surface area (Å²) in [4.78, 5) is 58.7. The Bertz CT molecular complexity index is 1970. The third kappa shape index (κ3) is 6.68. The number of nitrogen functional groups attached to an aromatic ring is 1. The van der Waals surface area contributed by atoms with Gasteiger partial charge in [-0.2, -0.15) is 0 Å². The van der Waals surface area contributed by atoms with Gasteiger partial charge in [-0.05, 0) is 53.6 Å². The predicted octanol–water partition coefficient (Wildman–Crippen LogP) is 4.27. The number of anilines is 1. The smallest absolute Gasteiger partial charge is 0.350 e. The molecule has 0 bridgehead atoms. The van der Waals surface area contributed by atoms with Gasteiger partial charge in [0.25, 0.3) is 11.8 Å². The number of nitrogens with zero attached hydrogens (tertiary/aromatic N) is 2. The summed E-state index contributed by atoms with van der Waals surface area (Å²) in [6, 6.07) is 25.9. The lowest BCUT2D eigenvalue weighted by Crippen LogP contribution is -2.56. The van der Waals surface area contributed by atoms with Gasteiger partial charge in [0.2, 0.25) is 12.1 Å². The molecule has 5 aromatic rings. The first kappa shape index (κ1) is 31.3. The van der Waals surface area contributed by atoms with Crippen molar-refractivity contribution < 1.29 is 23.9 Å². The maximum absolute atomic E-state index is 14.3. The molecule has 1 atom stereocenters. The van der Waals surface area contributed by atoms with Crippen molar-refractivity contribution in [1.82, 2.24) is 15.6 Å². The monoisotopic (exact) mass is 616 g/mol. The molecule has 0 aliphatic heterocycles. The van der Waals surface area contributed by atoms with E-state index in [0.717, 1.165) is 10.9 Å². The Morgan fingerprint density at radius 3 is 2.30 bits per heavy atom. The minimum Gasteiger partial charge on any atom is -0.463 e. The molecule has 232 valence electrons. The Morgan fingerprint density at radius 1 is 0.913 bits per heavy atom. The van der Waals surface area contributed by atoms with Crippen molar-refractivity contribution in [3.63, 3.8) is 0 Å². The summed E-state index contributed by atoms with van der Waals surface area (Å²) in [5.41, 5.74) is 8.31. The van der Waals surface area contributed by atoms with E-state index in [0.29, 0.717) is 33.1 Å². The fourth-order valence-electron chi connectivity index (χ4n) is 5.13. The van der Waals surface area contributed by atoms with Gasteiger partial charge in [-0.3, -0.25) is 29.7 Å². The largest absolute Gasteiger partial charge is 0.463 e. The van der Waals surface area contributed by atoms with Gasteiger partial charge in [-0.1, -0.05) is 60.7 Å². The fraction of sp³-hybridized carbons (Fsp3) is 0.143. The van der Waals surface area contributed by atoms with Gasteiger partial charge in [0.05, 0.1) is 17.7 Å². The number of hydrogen-bond acceptors (Lipinski definition) is 7. The van der Waals surface area contributed by atoms with Crippen molar-refractivity contribution >= 4 is 56.9 Å². The van der Waals surface area contributed by atoms with Crippen LogP contribution in [-0.2, 0) is 20.9 Å². The van der Waals surface area contributed by atoms with E-state index in [2.05, 4.69) is 15.6 Å². The Hall–Kier alpha value is -6.10. The molecule has 3 amide bonds. The number of hydrogen-bond donors (Lipinski definition) is 4. The average molecular weight is 617 g/mol. The minimum absolute atomic E-state index is 0.0316. The summed E-state index contributed by atoms with van der Waals surface area (Å²) >= 11 is 0. The Morgan fingerprint density at radius 2 is 1.61 bits per heavy atom. The van der Waals surface area contributed by atoms with Crippen molar-refractivity contribution in [2.24, 2.45) is 5.73 Å². The molecule has 0 aliphatic rings. The molecule has 1 heterocycles. The molecule has 0 aliphatic carbocycles. The lowest BCUT2D eigenvalue weighted by atomic mass is 10.0. The molecule has 0 saturated heterocycles. The molecule has 5 N–H and O–H groups in total. The zero-order valence-electron chi connectivity index (χ0n) is 25.2. The molecule has 11 nitrogen and oxygen atoms in total. The highest BCUT2D eigenvalue weighted by Crippen LogP contribution is 2.29. The number of rotatable bonds is 10. The number of para-hydroxylation sites is 1. The first-order valence-corrected chi connectivity index (χ1v) is 14.5. The summed E-state index contributed by atoms with van der Waals surface area (Å²) < 4.78 is 5.27. The molecular weight excluding hydrogens is 584 g/mol. The number of nitrogens with two attached hydrogens (primary N) is 1. The number of pyridine rings is 1. The van der Waals surface area contributed by atoms with Crippen molar-refractivity contribution in [2.75, 3.05) is 11.5 Å². The summed E-state index contributed by atoms with van der Waals surface area (Å²) in [5.74, 6) is -2.29. The van der Waals surface area contributed by atoms with Gasteiger partial charge in [0.1, 0.15) is 5.84 Å². The second kappa shape index (κ2) is 13.7. The quantitative estimate of drug-likeness (QED) is 0.0786. The maximum atomic E-state index is 14.3. The molecule has 4 aromatic carbocycles. The third-order valence-corrected chi connectivity index (χ3v) is 7.29. The first-order chi connectivity index (χ1) is 22.2. The lowest BCUT2D eigenvalue weighted by molar-refractivity contribution is -0.147. The van der Waals surface area contributed by atoms with Crippen molar-refractivity contribution in [1.29, 1.82) is 5.41 Å². The second-order valence-electron chi connectivity index (χ2n) is 10.4. The van der Waals surface area contributed by atoms with Crippen LogP contribution in [0, 0.1) is 5.41 Å². The number of nitrogens with one attached hydrogen (secondary N) is 3. The molecular formula is C35H32N6O5.